The molecule has 0 saturated carbocycles. The van der Waals surface area contributed by atoms with E-state index >= 15 is 0 Å². The fourth-order valence-electron chi connectivity index (χ4n) is 3.79. The van der Waals surface area contributed by atoms with Crippen LogP contribution in [-0.2, 0) is 0 Å². The molecule has 0 fully saturated rings. The number of hydrogen-bond acceptors (Lipinski definition) is 3. The third-order valence-corrected chi connectivity index (χ3v) is 5.48. The molecule has 0 saturated heterocycles. The molecule has 5 aromatic rings. The van der Waals surface area contributed by atoms with E-state index in [-0.39, 0.29) is 0 Å². The van der Waals surface area contributed by atoms with Crippen molar-refractivity contribution in [2.24, 2.45) is 0 Å². The number of nitrogens with zero attached hydrogens (tertiary/aromatic N) is 2. The van der Waals surface area contributed by atoms with Crippen LogP contribution in [0.2, 0.25) is 5.02 Å². The van der Waals surface area contributed by atoms with Crippen LogP contribution in [0.25, 0.3) is 33.2 Å². The van der Waals surface area contributed by atoms with Gasteiger partial charge in [-0.05, 0) is 53.1 Å². The maximum atomic E-state index is 9.78. The fraction of sp³-hybridized carbons (Fsp3) is 0. The lowest BCUT2D eigenvalue weighted by molar-refractivity contribution is 1.30. The number of anilines is 2. The van der Waals surface area contributed by atoms with Gasteiger partial charge in [0.1, 0.15) is 6.07 Å². The molecule has 3 aromatic carbocycles. The van der Waals surface area contributed by atoms with Crippen molar-refractivity contribution in [3.63, 3.8) is 0 Å². The summed E-state index contributed by atoms with van der Waals surface area (Å²) >= 11 is 6.25. The molecular weight excluding hydrogens is 404 g/mol. The van der Waals surface area contributed by atoms with E-state index in [0.717, 1.165) is 44.5 Å². The quantitative estimate of drug-likeness (QED) is 0.324. The minimum atomic E-state index is 0.479. The average Bonchev–Trinajstić information content (AvgIpc) is 3.27. The zero-order chi connectivity index (χ0) is 21.2. The lowest BCUT2D eigenvalue weighted by atomic mass is 9.93. The minimum absolute atomic E-state index is 0.479. The second kappa shape index (κ2) is 7.98. The first kappa shape index (κ1) is 18.9. The summed E-state index contributed by atoms with van der Waals surface area (Å²) in [6.07, 6.45) is 5.29. The van der Waals surface area contributed by atoms with Crippen LogP contribution in [0, 0.1) is 11.3 Å². The minimum Gasteiger partial charge on any atom is -0.361 e. The number of aromatic nitrogens is 2. The zero-order valence-corrected chi connectivity index (χ0v) is 17.2. The van der Waals surface area contributed by atoms with Gasteiger partial charge in [-0.1, -0.05) is 48.0 Å². The molecular formula is C26H17ClN4. The van der Waals surface area contributed by atoms with Crippen molar-refractivity contribution < 1.29 is 0 Å². The predicted molar refractivity (Wildman–Crippen MR) is 126 cm³/mol. The number of pyridine rings is 1. The maximum Gasteiger partial charge on any atom is 0.103 e. The Balaban J connectivity index is 1.67. The van der Waals surface area contributed by atoms with E-state index in [0.29, 0.717) is 10.6 Å². The number of H-pyrrole nitrogens is 1. The second-order valence-corrected chi connectivity index (χ2v) is 7.62. The topological polar surface area (TPSA) is 64.5 Å². The molecule has 148 valence electrons. The first-order valence-electron chi connectivity index (χ1n) is 9.80. The van der Waals surface area contributed by atoms with Gasteiger partial charge in [0.25, 0.3) is 0 Å². The van der Waals surface area contributed by atoms with Crippen molar-refractivity contribution in [3.8, 4) is 28.3 Å². The van der Waals surface area contributed by atoms with Crippen molar-refractivity contribution in [1.82, 2.24) is 9.97 Å². The monoisotopic (exact) mass is 420 g/mol. The maximum absolute atomic E-state index is 9.78. The van der Waals surface area contributed by atoms with Crippen LogP contribution < -0.4 is 5.32 Å². The van der Waals surface area contributed by atoms with E-state index in [9.17, 15) is 5.26 Å². The lowest BCUT2D eigenvalue weighted by Crippen LogP contribution is -1.99. The van der Waals surface area contributed by atoms with Crippen molar-refractivity contribution in [2.75, 3.05) is 5.32 Å². The summed E-state index contributed by atoms with van der Waals surface area (Å²) in [5, 5.41) is 15.0. The van der Waals surface area contributed by atoms with Gasteiger partial charge in [0.15, 0.2) is 0 Å². The smallest absolute Gasteiger partial charge is 0.103 e. The molecule has 0 aliphatic heterocycles. The molecule has 2 aromatic heterocycles. The summed E-state index contributed by atoms with van der Waals surface area (Å²) in [5.74, 6) is 0. The van der Waals surface area contributed by atoms with E-state index in [1.54, 1.807) is 12.4 Å². The first-order valence-corrected chi connectivity index (χ1v) is 10.2. The van der Waals surface area contributed by atoms with Crippen LogP contribution in [0.4, 0.5) is 11.4 Å². The highest BCUT2D eigenvalue weighted by Gasteiger charge is 2.15. The van der Waals surface area contributed by atoms with Gasteiger partial charge in [-0.2, -0.15) is 5.26 Å². The molecule has 0 aliphatic rings. The third kappa shape index (κ3) is 3.63. The van der Waals surface area contributed by atoms with Gasteiger partial charge in [0.05, 0.1) is 11.3 Å². The van der Waals surface area contributed by atoms with Crippen molar-refractivity contribution in [1.29, 1.82) is 5.26 Å². The zero-order valence-electron chi connectivity index (χ0n) is 16.4. The molecule has 5 rings (SSSR count). The summed E-state index contributed by atoms with van der Waals surface area (Å²) in [7, 11) is 0. The Bertz CT molecular complexity index is 1450. The number of nitrogens with one attached hydrogen (secondary N) is 2. The largest absolute Gasteiger partial charge is 0.361 e. The molecule has 5 heteroatoms. The molecule has 0 atom stereocenters. The summed E-state index contributed by atoms with van der Waals surface area (Å²) < 4.78 is 0. The van der Waals surface area contributed by atoms with E-state index in [1.807, 2.05) is 66.9 Å². The molecule has 2 N–H and O–H groups in total. The molecule has 0 amide bonds. The number of rotatable bonds is 4. The lowest BCUT2D eigenvalue weighted by Gasteiger charge is -2.17. The van der Waals surface area contributed by atoms with Crippen molar-refractivity contribution >= 4 is 33.9 Å². The highest BCUT2D eigenvalue weighted by molar-refractivity contribution is 6.30. The summed E-state index contributed by atoms with van der Waals surface area (Å²) in [4.78, 5) is 7.53. The Morgan fingerprint density at radius 2 is 1.74 bits per heavy atom. The standard InChI is InChI=1S/C26H17ClN4/c27-20-5-3-4-17(12-20)22-6-1-2-7-23(22)24-16-29-15-19(14-28)26(24)31-21-8-9-25-18(13-21)10-11-30-25/h1-13,15-16,30H,(H,29,31). The van der Waals surface area contributed by atoms with Crippen LogP contribution >= 0.6 is 11.6 Å². The Hall–Kier alpha value is -4.07. The Morgan fingerprint density at radius 1 is 0.871 bits per heavy atom. The van der Waals surface area contributed by atoms with E-state index in [4.69, 9.17) is 11.6 Å². The average molecular weight is 421 g/mol. The highest BCUT2D eigenvalue weighted by Crippen LogP contribution is 2.39. The Labute approximate surface area is 184 Å². The van der Waals surface area contributed by atoms with Gasteiger partial charge < -0.3 is 10.3 Å². The molecule has 0 radical (unpaired) electrons. The molecule has 4 nitrogen and oxygen atoms in total. The van der Waals surface area contributed by atoms with Crippen LogP contribution in [0.1, 0.15) is 5.56 Å². The van der Waals surface area contributed by atoms with Gasteiger partial charge >= 0.3 is 0 Å². The molecule has 0 spiro atoms. The summed E-state index contributed by atoms with van der Waals surface area (Å²) in [6, 6.07) is 26.2. The first-order chi connectivity index (χ1) is 15.2. The summed E-state index contributed by atoms with van der Waals surface area (Å²) in [6.45, 7) is 0. The summed E-state index contributed by atoms with van der Waals surface area (Å²) in [5.41, 5.74) is 7.01. The number of benzene rings is 3. The van der Waals surface area contributed by atoms with E-state index < -0.39 is 0 Å². The Morgan fingerprint density at radius 3 is 2.58 bits per heavy atom. The number of nitriles is 1. The van der Waals surface area contributed by atoms with Crippen molar-refractivity contribution in [3.05, 3.63) is 102 Å². The van der Waals surface area contributed by atoms with E-state index in [2.05, 4.69) is 33.5 Å². The normalized spacial score (nSPS) is 10.7. The van der Waals surface area contributed by atoms with Gasteiger partial charge in [0, 0.05) is 45.8 Å². The number of fused-ring (bicyclic) bond motifs is 1. The molecule has 2 heterocycles. The van der Waals surface area contributed by atoms with Gasteiger partial charge in [-0.25, -0.2) is 0 Å². The Kier molecular flexibility index (Phi) is 4.87. The molecule has 0 aliphatic carbocycles. The predicted octanol–water partition coefficient (Wildman–Crippen LogP) is 7.17. The van der Waals surface area contributed by atoms with E-state index in [1.165, 1.54) is 0 Å². The van der Waals surface area contributed by atoms with Gasteiger partial charge in [-0.15, -0.1) is 0 Å². The highest BCUT2D eigenvalue weighted by atomic mass is 35.5. The SMILES string of the molecule is N#Cc1cncc(-c2ccccc2-c2cccc(Cl)c2)c1Nc1ccc2[nH]ccc2c1. The third-order valence-electron chi connectivity index (χ3n) is 5.24. The molecule has 0 unspecified atom stereocenters. The molecule has 0 bridgehead atoms. The van der Waals surface area contributed by atoms with Crippen LogP contribution in [-0.4, -0.2) is 9.97 Å². The number of halogens is 1. The van der Waals surface area contributed by atoms with Crippen LogP contribution in [0.3, 0.4) is 0 Å². The van der Waals surface area contributed by atoms with Crippen molar-refractivity contribution in [2.45, 2.75) is 0 Å². The number of aromatic amines is 1. The molecule has 31 heavy (non-hydrogen) atoms. The van der Waals surface area contributed by atoms with Crippen LogP contribution in [0.5, 0.6) is 0 Å². The fourth-order valence-corrected chi connectivity index (χ4v) is 3.98. The van der Waals surface area contributed by atoms with Crippen LogP contribution in [0.15, 0.2) is 91.4 Å². The second-order valence-electron chi connectivity index (χ2n) is 7.18. The number of hydrogen-bond donors (Lipinski definition) is 2. The van der Waals surface area contributed by atoms with Gasteiger partial charge in [0.2, 0.25) is 0 Å². The van der Waals surface area contributed by atoms with Gasteiger partial charge in [-0.3, -0.25) is 4.98 Å².